The van der Waals surface area contributed by atoms with E-state index in [1.54, 1.807) is 19.9 Å². The Hall–Kier alpha value is -1.96. The van der Waals surface area contributed by atoms with Gasteiger partial charge in [0.15, 0.2) is 9.84 Å². The van der Waals surface area contributed by atoms with E-state index >= 15 is 0 Å². The van der Waals surface area contributed by atoms with Crippen LogP contribution in [0.15, 0.2) is 21.7 Å². The van der Waals surface area contributed by atoms with Gasteiger partial charge in [-0.2, -0.15) is 0 Å². The Morgan fingerprint density at radius 2 is 2.11 bits per heavy atom. The molecule has 19 heavy (non-hydrogen) atoms. The molecular formula is C11H14N4O3S. The van der Waals surface area contributed by atoms with Crippen LogP contribution in [0, 0.1) is 13.8 Å². The molecule has 102 valence electrons. The minimum atomic E-state index is -3.38. The van der Waals surface area contributed by atoms with E-state index in [9.17, 15) is 8.42 Å². The van der Waals surface area contributed by atoms with Crippen LogP contribution in [0.2, 0.25) is 0 Å². The van der Waals surface area contributed by atoms with Crippen LogP contribution in [0.3, 0.4) is 0 Å². The molecular weight excluding hydrogens is 268 g/mol. The average Bonchev–Trinajstić information content (AvgIpc) is 2.71. The molecule has 0 unspecified atom stereocenters. The standard InChI is InChI=1S/C11H14N4O3S/c1-7-4-9(15-18-7)5-13-11-10(19(3,16)17)6-12-8(2)14-11/h4,6H,5H2,1-3H3,(H,12,13,14). The molecule has 0 aromatic carbocycles. The maximum Gasteiger partial charge on any atom is 0.180 e. The van der Waals surface area contributed by atoms with E-state index in [1.165, 1.54) is 6.20 Å². The van der Waals surface area contributed by atoms with Gasteiger partial charge in [-0.3, -0.25) is 0 Å². The van der Waals surface area contributed by atoms with Gasteiger partial charge in [-0.1, -0.05) is 5.16 Å². The molecule has 2 aromatic heterocycles. The van der Waals surface area contributed by atoms with E-state index in [-0.39, 0.29) is 10.7 Å². The smallest absolute Gasteiger partial charge is 0.180 e. The molecule has 0 radical (unpaired) electrons. The first-order valence-corrected chi connectivity index (χ1v) is 7.45. The maximum absolute atomic E-state index is 11.6. The Bertz CT molecular complexity index is 694. The normalized spacial score (nSPS) is 11.5. The average molecular weight is 282 g/mol. The van der Waals surface area contributed by atoms with E-state index < -0.39 is 9.84 Å². The minimum absolute atomic E-state index is 0.0679. The SMILES string of the molecule is Cc1ncc(S(C)(=O)=O)c(NCc2cc(C)on2)n1. The highest BCUT2D eigenvalue weighted by Crippen LogP contribution is 2.18. The summed E-state index contributed by atoms with van der Waals surface area (Å²) in [5.41, 5.74) is 0.674. The molecule has 0 saturated carbocycles. The zero-order chi connectivity index (χ0) is 14.0. The van der Waals surface area contributed by atoms with Crippen molar-refractivity contribution in [1.82, 2.24) is 15.1 Å². The molecule has 8 heteroatoms. The minimum Gasteiger partial charge on any atom is -0.363 e. The molecule has 0 amide bonds. The van der Waals surface area contributed by atoms with E-state index in [1.807, 2.05) is 0 Å². The van der Waals surface area contributed by atoms with Crippen LogP contribution in [0.4, 0.5) is 5.82 Å². The molecule has 0 spiro atoms. The van der Waals surface area contributed by atoms with Gasteiger partial charge in [0, 0.05) is 12.3 Å². The van der Waals surface area contributed by atoms with Gasteiger partial charge >= 0.3 is 0 Å². The molecule has 0 saturated heterocycles. The lowest BCUT2D eigenvalue weighted by Gasteiger charge is -2.08. The summed E-state index contributed by atoms with van der Waals surface area (Å²) in [4.78, 5) is 8.07. The van der Waals surface area contributed by atoms with Crippen molar-refractivity contribution in [3.8, 4) is 0 Å². The summed E-state index contributed by atoms with van der Waals surface area (Å²) in [7, 11) is -3.38. The van der Waals surface area contributed by atoms with Crippen molar-refractivity contribution >= 4 is 15.7 Å². The topological polar surface area (TPSA) is 98.0 Å². The maximum atomic E-state index is 11.6. The van der Waals surface area contributed by atoms with Crippen LogP contribution in [-0.4, -0.2) is 29.8 Å². The lowest BCUT2D eigenvalue weighted by Crippen LogP contribution is -2.10. The number of aromatic nitrogens is 3. The second kappa shape index (κ2) is 4.96. The number of rotatable bonds is 4. The van der Waals surface area contributed by atoms with E-state index in [0.717, 1.165) is 6.26 Å². The Labute approximate surface area is 111 Å². The van der Waals surface area contributed by atoms with Crippen molar-refractivity contribution < 1.29 is 12.9 Å². The fourth-order valence-electron chi connectivity index (χ4n) is 1.53. The predicted octanol–water partition coefficient (Wildman–Crippen LogP) is 1.10. The van der Waals surface area contributed by atoms with Gasteiger partial charge in [0.1, 0.15) is 28.0 Å². The zero-order valence-corrected chi connectivity index (χ0v) is 11.7. The van der Waals surface area contributed by atoms with Crippen LogP contribution in [0.25, 0.3) is 0 Å². The van der Waals surface area contributed by atoms with Gasteiger partial charge in [-0.15, -0.1) is 0 Å². The van der Waals surface area contributed by atoms with Crippen LogP contribution in [0.1, 0.15) is 17.3 Å². The van der Waals surface area contributed by atoms with Gasteiger partial charge < -0.3 is 9.84 Å². The molecule has 1 N–H and O–H groups in total. The zero-order valence-electron chi connectivity index (χ0n) is 10.8. The monoisotopic (exact) mass is 282 g/mol. The van der Waals surface area contributed by atoms with Gasteiger partial charge in [0.2, 0.25) is 0 Å². The molecule has 0 aliphatic carbocycles. The van der Waals surface area contributed by atoms with Crippen molar-refractivity contribution in [2.45, 2.75) is 25.3 Å². The third-order valence-corrected chi connectivity index (χ3v) is 3.49. The molecule has 0 fully saturated rings. The van der Waals surface area contributed by atoms with Crippen molar-refractivity contribution in [3.05, 3.63) is 29.5 Å². The quantitative estimate of drug-likeness (QED) is 0.896. The third-order valence-electron chi connectivity index (χ3n) is 2.39. The van der Waals surface area contributed by atoms with E-state index in [4.69, 9.17) is 4.52 Å². The molecule has 7 nitrogen and oxygen atoms in total. The first kappa shape index (κ1) is 13.5. The number of sulfone groups is 1. The highest BCUT2D eigenvalue weighted by molar-refractivity contribution is 7.90. The van der Waals surface area contributed by atoms with Gasteiger partial charge in [0.05, 0.1) is 12.7 Å². The van der Waals surface area contributed by atoms with Crippen molar-refractivity contribution in [3.63, 3.8) is 0 Å². The van der Waals surface area contributed by atoms with Crippen molar-refractivity contribution in [2.24, 2.45) is 0 Å². The molecule has 2 rings (SSSR count). The highest BCUT2D eigenvalue weighted by atomic mass is 32.2. The third kappa shape index (κ3) is 3.28. The van der Waals surface area contributed by atoms with Crippen molar-refractivity contribution in [2.75, 3.05) is 11.6 Å². The Balaban J connectivity index is 2.26. The first-order valence-electron chi connectivity index (χ1n) is 5.56. The summed E-state index contributed by atoms with van der Waals surface area (Å²) in [6.45, 7) is 3.81. The van der Waals surface area contributed by atoms with Crippen LogP contribution < -0.4 is 5.32 Å². The summed E-state index contributed by atoms with van der Waals surface area (Å²) in [6.07, 6.45) is 2.42. The molecule has 0 atom stereocenters. The Morgan fingerprint density at radius 3 is 2.68 bits per heavy atom. The number of hydrogen-bond acceptors (Lipinski definition) is 7. The number of aryl methyl sites for hydroxylation is 2. The largest absolute Gasteiger partial charge is 0.363 e. The molecule has 0 aliphatic rings. The fourth-order valence-corrected chi connectivity index (χ4v) is 2.25. The molecule has 0 bridgehead atoms. The van der Waals surface area contributed by atoms with Gasteiger partial charge in [0.25, 0.3) is 0 Å². The second-order valence-corrected chi connectivity index (χ2v) is 6.17. The van der Waals surface area contributed by atoms with Crippen molar-refractivity contribution in [1.29, 1.82) is 0 Å². The number of nitrogens with zero attached hydrogens (tertiary/aromatic N) is 3. The molecule has 0 aliphatic heterocycles. The summed E-state index contributed by atoms with van der Waals surface area (Å²) in [6, 6.07) is 1.77. The summed E-state index contributed by atoms with van der Waals surface area (Å²) in [5.74, 6) is 1.46. The van der Waals surface area contributed by atoms with Crippen LogP contribution in [-0.2, 0) is 16.4 Å². The second-order valence-electron chi connectivity index (χ2n) is 4.18. The summed E-state index contributed by atoms with van der Waals surface area (Å²) < 4.78 is 28.2. The first-order chi connectivity index (χ1) is 8.86. The number of anilines is 1. The van der Waals surface area contributed by atoms with Crippen LogP contribution in [0.5, 0.6) is 0 Å². The fraction of sp³-hybridized carbons (Fsp3) is 0.364. The number of hydrogen-bond donors (Lipinski definition) is 1. The lowest BCUT2D eigenvalue weighted by atomic mass is 10.4. The molecule has 2 aromatic rings. The van der Waals surface area contributed by atoms with E-state index in [0.29, 0.717) is 23.8 Å². The van der Waals surface area contributed by atoms with E-state index in [2.05, 4.69) is 20.4 Å². The predicted molar refractivity (Wildman–Crippen MR) is 68.4 cm³/mol. The van der Waals surface area contributed by atoms with Crippen LogP contribution >= 0.6 is 0 Å². The summed E-state index contributed by atoms with van der Waals surface area (Å²) in [5, 5.41) is 6.75. The van der Waals surface area contributed by atoms with Gasteiger partial charge in [-0.05, 0) is 13.8 Å². The number of nitrogens with one attached hydrogen (secondary N) is 1. The Morgan fingerprint density at radius 1 is 1.37 bits per heavy atom. The summed E-state index contributed by atoms with van der Waals surface area (Å²) >= 11 is 0. The lowest BCUT2D eigenvalue weighted by molar-refractivity contribution is 0.391. The highest BCUT2D eigenvalue weighted by Gasteiger charge is 2.16. The van der Waals surface area contributed by atoms with Gasteiger partial charge in [-0.25, -0.2) is 18.4 Å². The molecule has 2 heterocycles. The Kier molecular flexibility index (Phi) is 3.52.